The normalized spacial score (nSPS) is 19.2. The number of carbonyl (C=O) groups excluding carboxylic acids is 1. The van der Waals surface area contributed by atoms with Crippen LogP contribution in [0.5, 0.6) is 0 Å². The summed E-state index contributed by atoms with van der Waals surface area (Å²) < 4.78 is 11.3. The maximum Gasteiger partial charge on any atom is 0.220 e. The van der Waals surface area contributed by atoms with Crippen molar-refractivity contribution in [2.24, 2.45) is 0 Å². The minimum absolute atomic E-state index is 0.133. The van der Waals surface area contributed by atoms with Crippen LogP contribution in [0.4, 0.5) is 0 Å². The van der Waals surface area contributed by atoms with E-state index in [1.165, 1.54) is 257 Å². The molecule has 9 heteroatoms. The molecule has 1 rings (SSSR count). The Kier molecular flexibility index (Phi) is 50.1. The van der Waals surface area contributed by atoms with Crippen LogP contribution in [-0.2, 0) is 14.3 Å². The molecular weight excluding hydrogens is 887 g/mol. The monoisotopic (exact) mass is 1010 g/mol. The largest absolute Gasteiger partial charge is 0.394 e. The number of allylic oxidation sites excluding steroid dienone is 2. The number of rotatable bonds is 55. The molecular formula is C62H121NO8. The van der Waals surface area contributed by atoms with Gasteiger partial charge in [-0.2, -0.15) is 0 Å². The fourth-order valence-electron chi connectivity index (χ4n) is 10.4. The molecule has 0 aromatic carbocycles. The van der Waals surface area contributed by atoms with Gasteiger partial charge in [-0.3, -0.25) is 4.79 Å². The Balaban J connectivity index is 2.11. The smallest absolute Gasteiger partial charge is 0.220 e. The lowest BCUT2D eigenvalue weighted by atomic mass is 9.99. The molecule has 7 unspecified atom stereocenters. The van der Waals surface area contributed by atoms with Crippen LogP contribution in [0.2, 0.25) is 0 Å². The third kappa shape index (κ3) is 41.8. The quantitative estimate of drug-likeness (QED) is 0.0261. The van der Waals surface area contributed by atoms with Crippen molar-refractivity contribution in [3.05, 3.63) is 12.2 Å². The van der Waals surface area contributed by atoms with Crippen LogP contribution in [0, 0.1) is 0 Å². The SMILES string of the molecule is CCCCCCCCCCCCCC/C=C\CCCCCCCCCCCCCCCCCC(=O)NC(COC1OC(CO)C(O)C(O)C1O)C(O)CCCCCCCCCCCCCCCCCCC. The molecule has 0 radical (unpaired) electrons. The predicted octanol–water partition coefficient (Wildman–Crippen LogP) is 16.0. The molecule has 6 N–H and O–H groups in total. The Morgan fingerprint density at radius 3 is 1.14 bits per heavy atom. The van der Waals surface area contributed by atoms with Crippen molar-refractivity contribution in [3.8, 4) is 0 Å². The van der Waals surface area contributed by atoms with E-state index in [-0.39, 0.29) is 12.5 Å². The number of nitrogens with one attached hydrogen (secondary N) is 1. The lowest BCUT2D eigenvalue weighted by molar-refractivity contribution is -0.302. The average molecular weight is 1010 g/mol. The third-order valence-electron chi connectivity index (χ3n) is 15.4. The number of hydrogen-bond donors (Lipinski definition) is 6. The summed E-state index contributed by atoms with van der Waals surface area (Å²) in [4.78, 5) is 13.1. The molecule has 0 aromatic rings. The van der Waals surface area contributed by atoms with Crippen molar-refractivity contribution in [1.29, 1.82) is 0 Å². The third-order valence-corrected chi connectivity index (χ3v) is 15.4. The number of carbonyl (C=O) groups is 1. The summed E-state index contributed by atoms with van der Waals surface area (Å²) in [5, 5.41) is 54.7. The summed E-state index contributed by atoms with van der Waals surface area (Å²) in [7, 11) is 0. The van der Waals surface area contributed by atoms with Gasteiger partial charge in [0.05, 0.1) is 25.4 Å². The lowest BCUT2D eigenvalue weighted by Gasteiger charge is -2.40. The minimum atomic E-state index is -1.55. The first kappa shape index (κ1) is 67.9. The zero-order valence-electron chi connectivity index (χ0n) is 47.0. The van der Waals surface area contributed by atoms with E-state index in [0.717, 1.165) is 38.5 Å². The fraction of sp³-hybridized carbons (Fsp3) is 0.952. The van der Waals surface area contributed by atoms with E-state index in [1.807, 2.05) is 0 Å². The van der Waals surface area contributed by atoms with E-state index < -0.39 is 49.5 Å². The van der Waals surface area contributed by atoms with Gasteiger partial charge in [-0.15, -0.1) is 0 Å². The molecule has 0 spiro atoms. The number of ether oxygens (including phenoxy) is 2. The van der Waals surface area contributed by atoms with Crippen molar-refractivity contribution in [2.75, 3.05) is 13.2 Å². The molecule has 0 aliphatic carbocycles. The molecule has 1 aliphatic rings. The van der Waals surface area contributed by atoms with Gasteiger partial charge in [-0.05, 0) is 38.5 Å². The summed E-state index contributed by atoms with van der Waals surface area (Å²) in [6.45, 7) is 3.88. The second-order valence-corrected chi connectivity index (χ2v) is 22.2. The molecule has 0 aromatic heterocycles. The van der Waals surface area contributed by atoms with E-state index in [9.17, 15) is 30.3 Å². The van der Waals surface area contributed by atoms with Crippen LogP contribution < -0.4 is 5.32 Å². The van der Waals surface area contributed by atoms with E-state index >= 15 is 0 Å². The second kappa shape index (κ2) is 52.4. The summed E-state index contributed by atoms with van der Waals surface area (Å²) >= 11 is 0. The van der Waals surface area contributed by atoms with E-state index in [2.05, 4.69) is 31.3 Å². The first-order valence-corrected chi connectivity index (χ1v) is 31.4. The van der Waals surface area contributed by atoms with Crippen LogP contribution in [0.3, 0.4) is 0 Å². The van der Waals surface area contributed by atoms with Gasteiger partial charge in [-0.1, -0.05) is 289 Å². The Morgan fingerprint density at radius 1 is 0.465 bits per heavy atom. The number of aliphatic hydroxyl groups excluding tert-OH is 5. The molecule has 422 valence electrons. The number of unbranched alkanes of at least 4 members (excludes halogenated alkanes) is 43. The van der Waals surface area contributed by atoms with Crippen molar-refractivity contribution >= 4 is 5.91 Å². The van der Waals surface area contributed by atoms with E-state index in [4.69, 9.17) is 9.47 Å². The summed E-state index contributed by atoms with van der Waals surface area (Å²) in [6.07, 6.45) is 58.3. The first-order valence-electron chi connectivity index (χ1n) is 31.4. The molecule has 1 saturated heterocycles. The topological polar surface area (TPSA) is 149 Å². The van der Waals surface area contributed by atoms with E-state index in [1.54, 1.807) is 0 Å². The van der Waals surface area contributed by atoms with Crippen LogP contribution in [0.1, 0.15) is 322 Å². The Labute approximate surface area is 439 Å². The molecule has 71 heavy (non-hydrogen) atoms. The van der Waals surface area contributed by atoms with Crippen LogP contribution in [-0.4, -0.2) is 87.5 Å². The predicted molar refractivity (Wildman–Crippen MR) is 300 cm³/mol. The van der Waals surface area contributed by atoms with Gasteiger partial charge in [0.2, 0.25) is 5.91 Å². The molecule has 9 nitrogen and oxygen atoms in total. The number of hydrogen-bond acceptors (Lipinski definition) is 8. The van der Waals surface area contributed by atoms with Gasteiger partial charge in [0.1, 0.15) is 24.4 Å². The van der Waals surface area contributed by atoms with Crippen LogP contribution in [0.25, 0.3) is 0 Å². The fourth-order valence-corrected chi connectivity index (χ4v) is 10.4. The molecule has 0 saturated carbocycles. The molecule has 1 amide bonds. The van der Waals surface area contributed by atoms with Crippen molar-refractivity contribution in [3.63, 3.8) is 0 Å². The molecule has 1 fully saturated rings. The highest BCUT2D eigenvalue weighted by Crippen LogP contribution is 2.23. The van der Waals surface area contributed by atoms with E-state index in [0.29, 0.717) is 12.8 Å². The van der Waals surface area contributed by atoms with Gasteiger partial charge in [0.25, 0.3) is 0 Å². The van der Waals surface area contributed by atoms with Gasteiger partial charge >= 0.3 is 0 Å². The molecule has 1 aliphatic heterocycles. The number of aliphatic hydroxyl groups is 5. The molecule has 7 atom stereocenters. The molecule has 1 heterocycles. The minimum Gasteiger partial charge on any atom is -0.394 e. The Bertz CT molecular complexity index is 1120. The van der Waals surface area contributed by atoms with Crippen LogP contribution in [0.15, 0.2) is 12.2 Å². The number of amides is 1. The van der Waals surface area contributed by atoms with Gasteiger partial charge in [0.15, 0.2) is 6.29 Å². The van der Waals surface area contributed by atoms with Gasteiger partial charge in [-0.25, -0.2) is 0 Å². The van der Waals surface area contributed by atoms with Crippen molar-refractivity contribution in [1.82, 2.24) is 5.32 Å². The maximum atomic E-state index is 13.1. The zero-order chi connectivity index (χ0) is 51.5. The first-order chi connectivity index (χ1) is 34.8. The van der Waals surface area contributed by atoms with Crippen molar-refractivity contribution < 1.29 is 39.8 Å². The summed E-state index contributed by atoms with van der Waals surface area (Å²) in [5.41, 5.74) is 0. The van der Waals surface area contributed by atoms with Crippen LogP contribution >= 0.6 is 0 Å². The van der Waals surface area contributed by atoms with Crippen molar-refractivity contribution in [2.45, 2.75) is 365 Å². The summed E-state index contributed by atoms with van der Waals surface area (Å²) in [5.74, 6) is -0.138. The maximum absolute atomic E-state index is 13.1. The average Bonchev–Trinajstić information content (AvgIpc) is 3.37. The zero-order valence-corrected chi connectivity index (χ0v) is 47.0. The lowest BCUT2D eigenvalue weighted by Crippen LogP contribution is -2.60. The molecule has 0 bridgehead atoms. The highest BCUT2D eigenvalue weighted by molar-refractivity contribution is 5.76. The second-order valence-electron chi connectivity index (χ2n) is 22.2. The standard InChI is InChI=1S/C62H121NO8/c1-3-5-7-9-11-13-15-17-19-21-22-23-24-25-26-27-28-29-30-31-32-33-34-36-38-40-42-44-46-48-50-52-58(66)63-55(54-70-62-61(69)60(68)59(67)57(53-64)71-62)56(65)51-49-47-45-43-41-39-37-35-20-18-16-14-12-10-8-6-4-2/h25-26,55-57,59-62,64-65,67-69H,3-24,27-54H2,1-2H3,(H,63,66)/b26-25-. The Hall–Kier alpha value is -1.07. The Morgan fingerprint density at radius 2 is 0.789 bits per heavy atom. The van der Waals surface area contributed by atoms with Gasteiger partial charge < -0.3 is 40.3 Å². The highest BCUT2D eigenvalue weighted by Gasteiger charge is 2.44. The summed E-state index contributed by atoms with van der Waals surface area (Å²) in [6, 6.07) is -0.716. The highest BCUT2D eigenvalue weighted by atomic mass is 16.7. The van der Waals surface area contributed by atoms with Gasteiger partial charge in [0, 0.05) is 6.42 Å².